The SMILES string of the molecule is CC1=C(C(=O)Cc2ccc3[nH]ncc3c2)C(c2ccc(C(F)(F)F)cc2)n2nc(C(=O)O)cc2C1. The van der Waals surface area contributed by atoms with E-state index < -0.39 is 23.8 Å². The summed E-state index contributed by atoms with van der Waals surface area (Å²) in [5.74, 6) is -1.44. The molecule has 4 aromatic rings. The number of benzene rings is 2. The number of Topliss-reactive ketones (excluding diaryl/α,β-unsaturated/α-hetero) is 1. The molecule has 10 heteroatoms. The zero-order chi connectivity index (χ0) is 24.9. The number of carboxylic acid groups (broad SMARTS) is 1. The van der Waals surface area contributed by atoms with Crippen molar-refractivity contribution in [2.75, 3.05) is 0 Å². The van der Waals surface area contributed by atoms with Crippen LogP contribution in [0.4, 0.5) is 13.2 Å². The Labute approximate surface area is 196 Å². The number of nitrogens with one attached hydrogen (secondary N) is 1. The number of allylic oxidation sites excluding steroid dienone is 2. The van der Waals surface area contributed by atoms with E-state index in [4.69, 9.17) is 0 Å². The number of aromatic carboxylic acids is 1. The summed E-state index contributed by atoms with van der Waals surface area (Å²) in [5, 5.41) is 21.3. The highest BCUT2D eigenvalue weighted by Crippen LogP contribution is 2.38. The number of hydrogen-bond donors (Lipinski definition) is 2. The molecule has 35 heavy (non-hydrogen) atoms. The summed E-state index contributed by atoms with van der Waals surface area (Å²) in [6, 6.07) is 10.6. The molecule has 3 heterocycles. The van der Waals surface area contributed by atoms with Gasteiger partial charge in [0.2, 0.25) is 0 Å². The molecular formula is C25H19F3N4O3. The van der Waals surface area contributed by atoms with Crippen molar-refractivity contribution in [3.05, 3.63) is 94.0 Å². The predicted octanol–water partition coefficient (Wildman–Crippen LogP) is 4.75. The van der Waals surface area contributed by atoms with Crippen LogP contribution < -0.4 is 0 Å². The van der Waals surface area contributed by atoms with Crippen molar-refractivity contribution in [3.8, 4) is 0 Å². The fourth-order valence-corrected chi connectivity index (χ4v) is 4.55. The summed E-state index contributed by atoms with van der Waals surface area (Å²) in [6.45, 7) is 1.78. The standard InChI is InChI=1S/C25H19F3N4O3/c1-13-8-18-11-20(24(34)35)31-32(18)23(15-3-5-17(6-4-15)25(26,27)28)22(13)21(33)10-14-2-7-19-16(9-14)12-29-30-19/h2-7,9,11-12,23H,8,10H2,1H3,(H,29,30)(H,34,35). The number of carboxylic acids is 1. The normalized spacial score (nSPS) is 15.9. The summed E-state index contributed by atoms with van der Waals surface area (Å²) >= 11 is 0. The molecule has 1 unspecified atom stereocenters. The largest absolute Gasteiger partial charge is 0.476 e. The Morgan fingerprint density at radius 3 is 2.57 bits per heavy atom. The fourth-order valence-electron chi connectivity index (χ4n) is 4.55. The van der Waals surface area contributed by atoms with Crippen LogP contribution in [0, 0.1) is 0 Å². The van der Waals surface area contributed by atoms with Crippen molar-refractivity contribution in [2.24, 2.45) is 0 Å². The molecule has 0 spiro atoms. The minimum absolute atomic E-state index is 0.0628. The Morgan fingerprint density at radius 1 is 1.14 bits per heavy atom. The third kappa shape index (κ3) is 4.11. The van der Waals surface area contributed by atoms with Crippen LogP contribution in [0.25, 0.3) is 10.9 Å². The second-order valence-electron chi connectivity index (χ2n) is 8.56. The van der Waals surface area contributed by atoms with Crippen molar-refractivity contribution in [1.29, 1.82) is 0 Å². The number of hydrogen-bond acceptors (Lipinski definition) is 4. The Bertz CT molecular complexity index is 1500. The summed E-state index contributed by atoms with van der Waals surface area (Å²) in [6.07, 6.45) is -2.48. The first-order valence-electron chi connectivity index (χ1n) is 10.8. The third-order valence-electron chi connectivity index (χ3n) is 6.18. The lowest BCUT2D eigenvalue weighted by molar-refractivity contribution is -0.137. The monoisotopic (exact) mass is 480 g/mol. The Morgan fingerprint density at radius 2 is 1.89 bits per heavy atom. The molecule has 2 aromatic carbocycles. The van der Waals surface area contributed by atoms with Gasteiger partial charge in [0.15, 0.2) is 11.5 Å². The van der Waals surface area contributed by atoms with Gasteiger partial charge in [-0.3, -0.25) is 14.6 Å². The number of H-pyrrole nitrogens is 1. The summed E-state index contributed by atoms with van der Waals surface area (Å²) in [4.78, 5) is 25.1. The van der Waals surface area contributed by atoms with Crippen molar-refractivity contribution >= 4 is 22.7 Å². The number of aromatic amines is 1. The zero-order valence-electron chi connectivity index (χ0n) is 18.4. The molecule has 0 saturated heterocycles. The topological polar surface area (TPSA) is 101 Å². The van der Waals surface area contributed by atoms with Crippen molar-refractivity contribution in [2.45, 2.75) is 32.0 Å². The van der Waals surface area contributed by atoms with Gasteiger partial charge in [0.25, 0.3) is 0 Å². The molecule has 178 valence electrons. The van der Waals surface area contributed by atoms with Gasteiger partial charge < -0.3 is 5.11 Å². The van der Waals surface area contributed by atoms with Crippen molar-refractivity contribution in [3.63, 3.8) is 0 Å². The maximum absolute atomic E-state index is 13.6. The van der Waals surface area contributed by atoms with Gasteiger partial charge in [0.1, 0.15) is 6.04 Å². The molecule has 0 bridgehead atoms. The number of carbonyl (C=O) groups excluding carboxylic acids is 1. The lowest BCUT2D eigenvalue weighted by Gasteiger charge is -2.29. The van der Waals surface area contributed by atoms with E-state index >= 15 is 0 Å². The number of rotatable bonds is 5. The maximum atomic E-state index is 13.6. The van der Waals surface area contributed by atoms with Gasteiger partial charge in [0, 0.05) is 29.5 Å². The molecule has 5 rings (SSSR count). The number of nitrogens with zero attached hydrogens (tertiary/aromatic N) is 3. The number of aromatic nitrogens is 4. The molecular weight excluding hydrogens is 461 g/mol. The van der Waals surface area contributed by atoms with Gasteiger partial charge >= 0.3 is 12.1 Å². The molecule has 1 aliphatic heterocycles. The summed E-state index contributed by atoms with van der Waals surface area (Å²) < 4.78 is 40.8. The van der Waals surface area contributed by atoms with Crippen molar-refractivity contribution in [1.82, 2.24) is 20.0 Å². The van der Waals surface area contributed by atoms with Gasteiger partial charge in [-0.1, -0.05) is 23.8 Å². The van der Waals surface area contributed by atoms with E-state index in [0.29, 0.717) is 28.8 Å². The number of ketones is 1. The average Bonchev–Trinajstić information content (AvgIpc) is 3.44. The second-order valence-corrected chi connectivity index (χ2v) is 8.56. The average molecular weight is 480 g/mol. The van der Waals surface area contributed by atoms with Crippen LogP contribution in [-0.2, 0) is 23.8 Å². The highest BCUT2D eigenvalue weighted by atomic mass is 19.4. The van der Waals surface area contributed by atoms with E-state index in [1.807, 2.05) is 18.2 Å². The smallest absolute Gasteiger partial charge is 0.416 e. The minimum atomic E-state index is -4.51. The molecule has 2 aromatic heterocycles. The van der Waals surface area contributed by atoms with Crippen LogP contribution >= 0.6 is 0 Å². The number of halogens is 3. The van der Waals surface area contributed by atoms with E-state index in [1.54, 1.807) is 13.1 Å². The Kier molecular flexibility index (Phi) is 5.31. The second kappa shape index (κ2) is 8.23. The van der Waals surface area contributed by atoms with Gasteiger partial charge in [-0.15, -0.1) is 0 Å². The number of fused-ring (bicyclic) bond motifs is 2. The molecule has 0 amide bonds. The first-order valence-corrected chi connectivity index (χ1v) is 10.8. The Balaban J connectivity index is 1.57. The van der Waals surface area contributed by atoms with E-state index in [-0.39, 0.29) is 17.9 Å². The van der Waals surface area contributed by atoms with Gasteiger partial charge in [-0.2, -0.15) is 23.4 Å². The van der Waals surface area contributed by atoms with E-state index in [9.17, 15) is 27.9 Å². The van der Waals surface area contributed by atoms with Crippen LogP contribution in [-0.4, -0.2) is 36.8 Å². The van der Waals surface area contributed by atoms with E-state index in [0.717, 1.165) is 28.6 Å². The van der Waals surface area contributed by atoms with Crippen LogP contribution in [0.1, 0.15) is 45.8 Å². The Hall–Kier alpha value is -4.21. The van der Waals surface area contributed by atoms with Crippen LogP contribution in [0.3, 0.4) is 0 Å². The molecule has 0 saturated carbocycles. The van der Waals surface area contributed by atoms with Crippen LogP contribution in [0.15, 0.2) is 65.9 Å². The lowest BCUT2D eigenvalue weighted by Crippen LogP contribution is -2.28. The highest BCUT2D eigenvalue weighted by Gasteiger charge is 2.35. The molecule has 1 aliphatic rings. The first-order chi connectivity index (χ1) is 16.6. The molecule has 0 fully saturated rings. The summed E-state index contributed by atoms with van der Waals surface area (Å²) in [5.41, 5.74) is 2.67. The molecule has 7 nitrogen and oxygen atoms in total. The lowest BCUT2D eigenvalue weighted by atomic mass is 9.85. The zero-order valence-corrected chi connectivity index (χ0v) is 18.4. The van der Waals surface area contributed by atoms with Crippen LogP contribution in [0.5, 0.6) is 0 Å². The van der Waals surface area contributed by atoms with E-state index in [1.165, 1.54) is 22.9 Å². The quantitative estimate of drug-likeness (QED) is 0.429. The first kappa shape index (κ1) is 22.6. The number of alkyl halides is 3. The molecule has 0 radical (unpaired) electrons. The van der Waals surface area contributed by atoms with Crippen molar-refractivity contribution < 1.29 is 27.9 Å². The van der Waals surface area contributed by atoms with Gasteiger partial charge in [-0.25, -0.2) is 4.79 Å². The predicted molar refractivity (Wildman–Crippen MR) is 120 cm³/mol. The number of carbonyl (C=O) groups is 2. The van der Waals surface area contributed by atoms with Crippen LogP contribution in [0.2, 0.25) is 0 Å². The van der Waals surface area contributed by atoms with Gasteiger partial charge in [-0.05, 0) is 48.4 Å². The highest BCUT2D eigenvalue weighted by molar-refractivity contribution is 5.99. The molecule has 0 aliphatic carbocycles. The molecule has 1 atom stereocenters. The summed E-state index contributed by atoms with van der Waals surface area (Å²) in [7, 11) is 0. The maximum Gasteiger partial charge on any atom is 0.416 e. The minimum Gasteiger partial charge on any atom is -0.476 e. The third-order valence-corrected chi connectivity index (χ3v) is 6.18. The van der Waals surface area contributed by atoms with Gasteiger partial charge in [0.05, 0.1) is 17.3 Å². The fraction of sp³-hybridized carbons (Fsp3) is 0.200. The molecule has 2 N–H and O–H groups in total. The van der Waals surface area contributed by atoms with E-state index in [2.05, 4.69) is 15.3 Å².